The lowest BCUT2D eigenvalue weighted by molar-refractivity contribution is -0.123. The average Bonchev–Trinajstić information content (AvgIpc) is 3.01. The smallest absolute Gasteiger partial charge is 0.338 e. The van der Waals surface area contributed by atoms with Gasteiger partial charge in [0.25, 0.3) is 5.91 Å². The molecule has 25 heavy (non-hydrogen) atoms. The number of carbonyl (C=O) groups is 2. The van der Waals surface area contributed by atoms with Crippen molar-refractivity contribution in [2.75, 3.05) is 12.1 Å². The number of esters is 1. The first-order valence-electron chi connectivity index (χ1n) is 7.92. The van der Waals surface area contributed by atoms with Gasteiger partial charge in [-0.25, -0.2) is 4.79 Å². The van der Waals surface area contributed by atoms with Crippen molar-refractivity contribution in [3.63, 3.8) is 0 Å². The van der Waals surface area contributed by atoms with Gasteiger partial charge < -0.3 is 19.5 Å². The van der Waals surface area contributed by atoms with Gasteiger partial charge in [0, 0.05) is 11.8 Å². The topological polar surface area (TPSA) is 73.9 Å². The molecule has 1 aliphatic rings. The second kappa shape index (κ2) is 6.84. The highest BCUT2D eigenvalue weighted by molar-refractivity contribution is 5.97. The molecule has 0 saturated heterocycles. The quantitative estimate of drug-likeness (QED) is 0.865. The van der Waals surface area contributed by atoms with Crippen LogP contribution in [0.1, 0.15) is 28.4 Å². The summed E-state index contributed by atoms with van der Waals surface area (Å²) in [5.41, 5.74) is 2.90. The van der Waals surface area contributed by atoms with Crippen LogP contribution in [0.2, 0.25) is 0 Å². The molecule has 130 valence electrons. The Morgan fingerprint density at radius 3 is 2.44 bits per heavy atom. The Labute approximate surface area is 145 Å². The van der Waals surface area contributed by atoms with Crippen molar-refractivity contribution in [2.45, 2.75) is 26.9 Å². The minimum absolute atomic E-state index is 0.163. The number of fused-ring (bicyclic) bond motifs is 1. The molecule has 0 saturated carbocycles. The van der Waals surface area contributed by atoms with Crippen LogP contribution >= 0.6 is 0 Å². The Bertz CT molecular complexity index is 810. The molecular weight excluding hydrogens is 322 g/mol. The van der Waals surface area contributed by atoms with E-state index in [-0.39, 0.29) is 6.79 Å². The van der Waals surface area contributed by atoms with E-state index < -0.39 is 18.0 Å². The molecule has 0 aliphatic carbocycles. The van der Waals surface area contributed by atoms with Crippen molar-refractivity contribution in [2.24, 2.45) is 0 Å². The van der Waals surface area contributed by atoms with Crippen LogP contribution in [0, 0.1) is 13.8 Å². The van der Waals surface area contributed by atoms with Crippen LogP contribution in [0.15, 0.2) is 36.4 Å². The van der Waals surface area contributed by atoms with Gasteiger partial charge >= 0.3 is 5.97 Å². The molecule has 0 fully saturated rings. The van der Waals surface area contributed by atoms with Gasteiger partial charge in [-0.15, -0.1) is 0 Å². The number of nitrogens with one attached hydrogen (secondary N) is 1. The van der Waals surface area contributed by atoms with E-state index in [1.807, 2.05) is 19.9 Å². The van der Waals surface area contributed by atoms with Crippen molar-refractivity contribution >= 4 is 17.6 Å². The summed E-state index contributed by atoms with van der Waals surface area (Å²) in [7, 11) is 0. The fraction of sp³-hybridized carbons (Fsp3) is 0.263. The standard InChI is InChI=1S/C19H19NO5/c1-11-6-12(2)8-14(7-11)19(22)25-13(3)18(21)20-15-4-5-16-17(9-15)24-10-23-16/h4-9,13H,10H2,1-3H3,(H,20,21)/t13-/m1/s1. The monoisotopic (exact) mass is 341 g/mol. The van der Waals surface area contributed by atoms with Crippen LogP contribution in [-0.4, -0.2) is 24.8 Å². The molecule has 0 bridgehead atoms. The molecular formula is C19H19NO5. The number of benzene rings is 2. The zero-order chi connectivity index (χ0) is 18.0. The molecule has 6 nitrogen and oxygen atoms in total. The van der Waals surface area contributed by atoms with Crippen LogP contribution < -0.4 is 14.8 Å². The van der Waals surface area contributed by atoms with Crippen LogP contribution in [-0.2, 0) is 9.53 Å². The number of hydrogen-bond acceptors (Lipinski definition) is 5. The van der Waals surface area contributed by atoms with Crippen molar-refractivity contribution in [1.29, 1.82) is 0 Å². The zero-order valence-electron chi connectivity index (χ0n) is 14.3. The van der Waals surface area contributed by atoms with Crippen molar-refractivity contribution in [3.8, 4) is 11.5 Å². The molecule has 6 heteroatoms. The molecule has 1 aliphatic heterocycles. The summed E-state index contributed by atoms with van der Waals surface area (Å²) in [6.45, 7) is 5.50. The summed E-state index contributed by atoms with van der Waals surface area (Å²) in [6.07, 6.45) is -0.932. The van der Waals surface area contributed by atoms with Gasteiger partial charge in [0.2, 0.25) is 6.79 Å². The number of hydrogen-bond donors (Lipinski definition) is 1. The van der Waals surface area contributed by atoms with E-state index in [0.29, 0.717) is 22.7 Å². The number of ether oxygens (including phenoxy) is 3. The van der Waals surface area contributed by atoms with E-state index in [0.717, 1.165) is 11.1 Å². The predicted octanol–water partition coefficient (Wildman–Crippen LogP) is 3.22. The molecule has 0 radical (unpaired) electrons. The Morgan fingerprint density at radius 2 is 1.72 bits per heavy atom. The Morgan fingerprint density at radius 1 is 1.04 bits per heavy atom. The van der Waals surface area contributed by atoms with Gasteiger partial charge in [0.05, 0.1) is 5.56 Å². The molecule has 0 aromatic heterocycles. The van der Waals surface area contributed by atoms with E-state index >= 15 is 0 Å². The predicted molar refractivity (Wildman–Crippen MR) is 92.0 cm³/mol. The van der Waals surface area contributed by atoms with E-state index in [1.165, 1.54) is 6.92 Å². The van der Waals surface area contributed by atoms with Gasteiger partial charge in [0.15, 0.2) is 17.6 Å². The molecule has 1 heterocycles. The third-order valence-electron chi connectivity index (χ3n) is 3.75. The van der Waals surface area contributed by atoms with E-state index in [9.17, 15) is 9.59 Å². The maximum atomic E-state index is 12.3. The maximum absolute atomic E-state index is 12.3. The highest BCUT2D eigenvalue weighted by Gasteiger charge is 2.20. The molecule has 3 rings (SSSR count). The van der Waals surface area contributed by atoms with Crippen LogP contribution in [0.3, 0.4) is 0 Å². The summed E-state index contributed by atoms with van der Waals surface area (Å²) < 4.78 is 15.8. The number of aryl methyl sites for hydroxylation is 2. The van der Waals surface area contributed by atoms with Gasteiger partial charge in [-0.05, 0) is 45.0 Å². The summed E-state index contributed by atoms with van der Waals surface area (Å²) in [5.74, 6) is 0.252. The fourth-order valence-electron chi connectivity index (χ4n) is 2.59. The minimum Gasteiger partial charge on any atom is -0.454 e. The lowest BCUT2D eigenvalue weighted by atomic mass is 10.1. The summed E-state index contributed by atoms with van der Waals surface area (Å²) in [5, 5.41) is 2.70. The second-order valence-electron chi connectivity index (χ2n) is 5.98. The highest BCUT2D eigenvalue weighted by Crippen LogP contribution is 2.34. The highest BCUT2D eigenvalue weighted by atomic mass is 16.7. The lowest BCUT2D eigenvalue weighted by Crippen LogP contribution is -2.30. The van der Waals surface area contributed by atoms with Crippen molar-refractivity contribution < 1.29 is 23.8 Å². The Kier molecular flexibility index (Phi) is 4.61. The van der Waals surface area contributed by atoms with Crippen LogP contribution in [0.5, 0.6) is 11.5 Å². The second-order valence-corrected chi connectivity index (χ2v) is 5.98. The normalized spacial score (nSPS) is 13.2. The van der Waals surface area contributed by atoms with Crippen molar-refractivity contribution in [3.05, 3.63) is 53.1 Å². The molecule has 1 amide bonds. The number of carbonyl (C=O) groups excluding carboxylic acids is 2. The van der Waals surface area contributed by atoms with E-state index in [2.05, 4.69) is 5.32 Å². The van der Waals surface area contributed by atoms with E-state index in [1.54, 1.807) is 30.3 Å². The third kappa shape index (κ3) is 3.91. The molecule has 0 spiro atoms. The maximum Gasteiger partial charge on any atom is 0.338 e. The first kappa shape index (κ1) is 16.8. The average molecular weight is 341 g/mol. The van der Waals surface area contributed by atoms with Crippen LogP contribution in [0.4, 0.5) is 5.69 Å². The lowest BCUT2D eigenvalue weighted by Gasteiger charge is -2.14. The Hall–Kier alpha value is -3.02. The number of rotatable bonds is 4. The Balaban J connectivity index is 1.63. The number of amides is 1. The molecule has 1 atom stereocenters. The van der Waals surface area contributed by atoms with Gasteiger partial charge in [-0.3, -0.25) is 4.79 Å². The SMILES string of the molecule is Cc1cc(C)cc(C(=O)O[C@H](C)C(=O)Nc2ccc3c(c2)OCO3)c1. The van der Waals surface area contributed by atoms with E-state index in [4.69, 9.17) is 14.2 Å². The van der Waals surface area contributed by atoms with Gasteiger partial charge in [-0.1, -0.05) is 17.2 Å². The number of anilines is 1. The molecule has 0 unspecified atom stereocenters. The first-order chi connectivity index (χ1) is 11.9. The third-order valence-corrected chi connectivity index (χ3v) is 3.75. The van der Waals surface area contributed by atoms with Crippen molar-refractivity contribution in [1.82, 2.24) is 0 Å². The fourth-order valence-corrected chi connectivity index (χ4v) is 2.59. The van der Waals surface area contributed by atoms with Crippen LogP contribution in [0.25, 0.3) is 0 Å². The molecule has 2 aromatic carbocycles. The van der Waals surface area contributed by atoms with Gasteiger partial charge in [0.1, 0.15) is 0 Å². The first-order valence-corrected chi connectivity index (χ1v) is 7.92. The van der Waals surface area contributed by atoms with Gasteiger partial charge in [-0.2, -0.15) is 0 Å². The summed E-state index contributed by atoms with van der Waals surface area (Å²) in [6, 6.07) is 10.5. The molecule has 1 N–H and O–H groups in total. The summed E-state index contributed by atoms with van der Waals surface area (Å²) in [4.78, 5) is 24.5. The minimum atomic E-state index is -0.932. The molecule has 2 aromatic rings. The summed E-state index contributed by atoms with van der Waals surface area (Å²) >= 11 is 0. The largest absolute Gasteiger partial charge is 0.454 e. The zero-order valence-corrected chi connectivity index (χ0v) is 14.3.